The molecule has 128 valence electrons. The van der Waals surface area contributed by atoms with Crippen molar-refractivity contribution in [3.8, 4) is 0 Å². The maximum atomic E-state index is 9.64. The third-order valence-corrected chi connectivity index (χ3v) is 3.31. The number of hydrogen-bond acceptors (Lipinski definition) is 8. The number of aliphatic carboxylic acids is 2. The van der Waals surface area contributed by atoms with Gasteiger partial charge in [-0.05, 0) is 11.6 Å². The van der Waals surface area contributed by atoms with Gasteiger partial charge in [0.2, 0.25) is 0 Å². The molecule has 0 radical (unpaired) electrons. The van der Waals surface area contributed by atoms with Crippen LogP contribution in [-0.2, 0) is 15.3 Å². The molecule has 2 heterocycles. The number of aromatic nitrogens is 3. The van der Waals surface area contributed by atoms with Gasteiger partial charge in [0, 0.05) is 24.2 Å². The number of nitrogens with zero attached hydrogens (tertiary/aromatic N) is 3. The molecule has 0 bridgehead atoms. The molecule has 0 aliphatic rings. The van der Waals surface area contributed by atoms with Crippen LogP contribution in [0.2, 0.25) is 0 Å². The molecule has 0 unspecified atom stereocenters. The third-order valence-electron chi connectivity index (χ3n) is 2.39. The second kappa shape index (κ2) is 10.0. The van der Waals surface area contributed by atoms with E-state index in [9.17, 15) is 9.59 Å². The van der Waals surface area contributed by atoms with Crippen molar-refractivity contribution in [3.63, 3.8) is 0 Å². The smallest absolute Gasteiger partial charge is 0.303 e. The zero-order chi connectivity index (χ0) is 17.9. The number of pyridine rings is 1. The van der Waals surface area contributed by atoms with Gasteiger partial charge in [-0.3, -0.25) is 14.6 Å². The standard InChI is InChI=1S/C10H11N5S.C4H6O4/c11-8-4-9(12)15-10(14-8)16-6-7-2-1-3-13-5-7;5-3(6)1-2-4(7)8/h1-5H,6H2,(H4,11,12,14,15);1-2H2,(H,5,6)(H,7,8). The van der Waals surface area contributed by atoms with E-state index in [0.717, 1.165) is 11.3 Å². The number of hydrogen-bond donors (Lipinski definition) is 4. The number of nitrogen functional groups attached to an aromatic ring is 2. The monoisotopic (exact) mass is 351 g/mol. The molecule has 0 spiro atoms. The molecule has 0 aliphatic carbocycles. The molecule has 0 saturated heterocycles. The van der Waals surface area contributed by atoms with Crippen molar-refractivity contribution in [2.75, 3.05) is 11.5 Å². The molecule has 24 heavy (non-hydrogen) atoms. The highest BCUT2D eigenvalue weighted by Crippen LogP contribution is 2.20. The van der Waals surface area contributed by atoms with Crippen LogP contribution in [0.25, 0.3) is 0 Å². The Hall–Kier alpha value is -2.88. The summed E-state index contributed by atoms with van der Waals surface area (Å²) in [6, 6.07) is 5.42. The first-order valence-electron chi connectivity index (χ1n) is 6.72. The third kappa shape index (κ3) is 8.54. The predicted octanol–water partition coefficient (Wildman–Crippen LogP) is 1.26. The Labute approximate surface area is 142 Å². The highest BCUT2D eigenvalue weighted by molar-refractivity contribution is 7.98. The Kier molecular flexibility index (Phi) is 7.99. The second-order valence-corrected chi connectivity index (χ2v) is 5.38. The minimum absolute atomic E-state index is 0.296. The number of rotatable bonds is 6. The summed E-state index contributed by atoms with van der Waals surface area (Å²) in [6.07, 6.45) is 2.95. The summed E-state index contributed by atoms with van der Waals surface area (Å²) in [7, 11) is 0. The van der Waals surface area contributed by atoms with E-state index in [1.165, 1.54) is 17.8 Å². The van der Waals surface area contributed by atoms with Crippen molar-refractivity contribution in [2.24, 2.45) is 0 Å². The quantitative estimate of drug-likeness (QED) is 0.439. The summed E-state index contributed by atoms with van der Waals surface area (Å²) < 4.78 is 0. The lowest BCUT2D eigenvalue weighted by molar-refractivity contribution is -0.143. The van der Waals surface area contributed by atoms with Crippen LogP contribution in [0.5, 0.6) is 0 Å². The van der Waals surface area contributed by atoms with E-state index in [-0.39, 0.29) is 12.8 Å². The number of carboxylic acids is 2. The van der Waals surface area contributed by atoms with Gasteiger partial charge < -0.3 is 21.7 Å². The van der Waals surface area contributed by atoms with Gasteiger partial charge in [0.05, 0.1) is 12.8 Å². The number of carbonyl (C=O) groups is 2. The molecule has 2 aromatic rings. The number of nitrogens with two attached hydrogens (primary N) is 2. The van der Waals surface area contributed by atoms with Gasteiger partial charge in [-0.15, -0.1) is 0 Å². The van der Waals surface area contributed by atoms with Gasteiger partial charge in [0.15, 0.2) is 5.16 Å². The number of anilines is 2. The minimum atomic E-state index is -1.08. The van der Waals surface area contributed by atoms with Crippen LogP contribution >= 0.6 is 11.8 Å². The van der Waals surface area contributed by atoms with Crippen molar-refractivity contribution in [2.45, 2.75) is 23.8 Å². The van der Waals surface area contributed by atoms with Crippen LogP contribution in [-0.4, -0.2) is 37.1 Å². The molecule has 0 fully saturated rings. The van der Waals surface area contributed by atoms with Gasteiger partial charge >= 0.3 is 11.9 Å². The van der Waals surface area contributed by atoms with Crippen molar-refractivity contribution in [1.29, 1.82) is 0 Å². The first-order valence-corrected chi connectivity index (χ1v) is 7.70. The van der Waals surface area contributed by atoms with E-state index in [1.54, 1.807) is 6.20 Å². The fourth-order valence-corrected chi connectivity index (χ4v) is 2.18. The predicted molar refractivity (Wildman–Crippen MR) is 89.2 cm³/mol. The largest absolute Gasteiger partial charge is 0.481 e. The molecule has 6 N–H and O–H groups in total. The summed E-state index contributed by atoms with van der Waals surface area (Å²) in [5, 5.41) is 16.4. The van der Waals surface area contributed by atoms with Crippen LogP contribution < -0.4 is 11.5 Å². The van der Waals surface area contributed by atoms with E-state index >= 15 is 0 Å². The maximum Gasteiger partial charge on any atom is 0.303 e. The zero-order valence-corrected chi connectivity index (χ0v) is 13.4. The summed E-state index contributed by atoms with van der Waals surface area (Å²) in [4.78, 5) is 31.5. The molecular formula is C14H17N5O4S. The van der Waals surface area contributed by atoms with Gasteiger partial charge in [-0.1, -0.05) is 17.8 Å². The molecule has 0 saturated carbocycles. The highest BCUT2D eigenvalue weighted by Gasteiger charge is 2.02. The molecule has 0 amide bonds. The lowest BCUT2D eigenvalue weighted by atomic mass is 10.3. The molecular weight excluding hydrogens is 334 g/mol. The SMILES string of the molecule is Nc1cc(N)nc(SCc2cccnc2)n1.O=C(O)CCC(=O)O. The Morgan fingerprint density at radius 2 is 1.67 bits per heavy atom. The normalized spacial score (nSPS) is 9.67. The second-order valence-electron chi connectivity index (χ2n) is 4.44. The summed E-state index contributed by atoms with van der Waals surface area (Å²) >= 11 is 1.48. The Bertz CT molecular complexity index is 650. The number of carboxylic acid groups (broad SMARTS) is 2. The topological polar surface area (TPSA) is 165 Å². The zero-order valence-electron chi connectivity index (χ0n) is 12.6. The van der Waals surface area contributed by atoms with Crippen molar-refractivity contribution < 1.29 is 19.8 Å². The van der Waals surface area contributed by atoms with E-state index < -0.39 is 11.9 Å². The van der Waals surface area contributed by atoms with Crippen LogP contribution in [0.3, 0.4) is 0 Å². The maximum absolute atomic E-state index is 9.64. The minimum Gasteiger partial charge on any atom is -0.481 e. The van der Waals surface area contributed by atoms with Crippen molar-refractivity contribution in [3.05, 3.63) is 36.2 Å². The Balaban J connectivity index is 0.000000307. The molecule has 9 nitrogen and oxygen atoms in total. The van der Waals surface area contributed by atoms with Crippen LogP contribution in [0.1, 0.15) is 18.4 Å². The van der Waals surface area contributed by atoms with Gasteiger partial charge in [-0.2, -0.15) is 0 Å². The fraction of sp³-hybridized carbons (Fsp3) is 0.214. The average Bonchev–Trinajstić information content (AvgIpc) is 2.52. The van der Waals surface area contributed by atoms with Crippen molar-refractivity contribution >= 4 is 35.3 Å². The first-order chi connectivity index (χ1) is 11.4. The van der Waals surface area contributed by atoms with Crippen LogP contribution in [0, 0.1) is 0 Å². The van der Waals surface area contributed by atoms with Gasteiger partial charge in [-0.25, -0.2) is 9.97 Å². The molecule has 0 atom stereocenters. The van der Waals surface area contributed by atoms with Crippen LogP contribution in [0.15, 0.2) is 35.7 Å². The molecule has 2 rings (SSSR count). The first kappa shape index (κ1) is 19.2. The summed E-state index contributed by atoms with van der Waals surface area (Å²) in [5.41, 5.74) is 12.3. The van der Waals surface area contributed by atoms with Gasteiger partial charge in [0.1, 0.15) is 11.6 Å². The average molecular weight is 351 g/mol. The fourth-order valence-electron chi connectivity index (χ4n) is 1.37. The Morgan fingerprint density at radius 1 is 1.08 bits per heavy atom. The van der Waals surface area contributed by atoms with Gasteiger partial charge in [0.25, 0.3) is 0 Å². The molecule has 10 heteroatoms. The van der Waals surface area contributed by atoms with E-state index in [2.05, 4.69) is 15.0 Å². The molecule has 2 aromatic heterocycles. The van der Waals surface area contributed by atoms with E-state index in [1.807, 2.05) is 18.3 Å². The molecule has 0 aliphatic heterocycles. The highest BCUT2D eigenvalue weighted by atomic mass is 32.2. The lowest BCUT2D eigenvalue weighted by Crippen LogP contribution is -2.00. The Morgan fingerprint density at radius 3 is 2.12 bits per heavy atom. The molecule has 0 aromatic carbocycles. The summed E-state index contributed by atoms with van der Waals surface area (Å²) in [5.74, 6) is -0.626. The van der Waals surface area contributed by atoms with Crippen molar-refractivity contribution in [1.82, 2.24) is 15.0 Å². The summed E-state index contributed by atoms with van der Waals surface area (Å²) in [6.45, 7) is 0. The van der Waals surface area contributed by atoms with Crippen LogP contribution in [0.4, 0.5) is 11.6 Å². The van der Waals surface area contributed by atoms with E-state index in [0.29, 0.717) is 16.8 Å². The van der Waals surface area contributed by atoms with E-state index in [4.69, 9.17) is 21.7 Å². The number of thioether (sulfide) groups is 1. The lowest BCUT2D eigenvalue weighted by Gasteiger charge is -2.02.